The van der Waals surface area contributed by atoms with Crippen molar-refractivity contribution in [2.45, 2.75) is 90.6 Å². The molecule has 13 heteroatoms. The molecule has 0 radical (unpaired) electrons. The van der Waals surface area contributed by atoms with Crippen LogP contribution in [0, 0.1) is 20.9 Å². The van der Waals surface area contributed by atoms with E-state index in [-0.39, 0.29) is 18.0 Å². The molecule has 260 valence electrons. The van der Waals surface area contributed by atoms with E-state index in [4.69, 9.17) is 14.9 Å². The standard InChI is InChI=1S/C36H46N8O5/c1-35(2,3)49-34(45)43-27(21-41-13-12-36(23-41)10-6-11-36)16-25-9-8-24(15-32(25)43)20-42-22-31(39-40-42)28-17-26(44(46)47)18-30(29(28)19-37)38-33-7-4-5-14-48-33/h8-9,15-19,22,33,37-40H,4-7,10-14,20-21,23H2,1-3H3. The first-order chi connectivity index (χ1) is 23.5. The van der Waals surface area contributed by atoms with Crippen molar-refractivity contribution in [1.29, 1.82) is 5.41 Å². The lowest BCUT2D eigenvalue weighted by molar-refractivity contribution is -0.384. The quantitative estimate of drug-likeness (QED) is 0.113. The van der Waals surface area contributed by atoms with Crippen molar-refractivity contribution in [1.82, 2.24) is 25.4 Å². The second-order valence-electron chi connectivity index (χ2n) is 14.9. The lowest BCUT2D eigenvalue weighted by atomic mass is 9.68. The number of hydrogen-bond acceptors (Lipinski definition) is 11. The maximum atomic E-state index is 13.7. The molecule has 4 aliphatic rings. The molecule has 3 aromatic rings. The van der Waals surface area contributed by atoms with Crippen LogP contribution in [0.2, 0.25) is 0 Å². The van der Waals surface area contributed by atoms with E-state index in [0.29, 0.717) is 47.6 Å². The van der Waals surface area contributed by atoms with Crippen molar-refractivity contribution in [3.05, 3.63) is 75.1 Å². The number of non-ortho nitro benzene ring substituents is 1. The van der Waals surface area contributed by atoms with E-state index in [1.54, 1.807) is 4.57 Å². The second-order valence-corrected chi connectivity index (χ2v) is 14.9. The second kappa shape index (κ2) is 13.1. The molecule has 2 saturated heterocycles. The highest BCUT2D eigenvalue weighted by molar-refractivity contribution is 5.95. The van der Waals surface area contributed by atoms with Gasteiger partial charge in [0.2, 0.25) is 0 Å². The molecule has 13 nitrogen and oxygen atoms in total. The number of nitrogens with zero attached hydrogens (tertiary/aromatic N) is 4. The zero-order valence-corrected chi connectivity index (χ0v) is 28.5. The predicted octanol–water partition coefficient (Wildman–Crippen LogP) is 6.47. The number of likely N-dealkylation sites (tertiary alicyclic amines) is 1. The van der Waals surface area contributed by atoms with Gasteiger partial charge in [-0.2, -0.15) is 0 Å². The van der Waals surface area contributed by atoms with Gasteiger partial charge in [0.05, 0.1) is 28.4 Å². The van der Waals surface area contributed by atoms with Crippen molar-refractivity contribution < 1.29 is 19.2 Å². The van der Waals surface area contributed by atoms with E-state index in [2.05, 4.69) is 27.2 Å². The zero-order chi connectivity index (χ0) is 34.3. The van der Waals surface area contributed by atoms with Gasteiger partial charge >= 0.3 is 6.09 Å². The summed E-state index contributed by atoms with van der Waals surface area (Å²) >= 11 is 0. The van der Waals surface area contributed by atoms with Gasteiger partial charge in [0, 0.05) is 66.5 Å². The number of nitro benzene ring substituents is 1. The van der Waals surface area contributed by atoms with Crippen LogP contribution in [0.15, 0.2) is 42.6 Å². The maximum Gasteiger partial charge on any atom is 0.419 e. The molecule has 1 aliphatic carbocycles. The summed E-state index contributed by atoms with van der Waals surface area (Å²) in [6.07, 6.45) is 10.3. The zero-order valence-electron chi connectivity index (χ0n) is 28.5. The lowest BCUT2D eigenvalue weighted by Gasteiger charge is -2.38. The van der Waals surface area contributed by atoms with Crippen molar-refractivity contribution in [2.75, 3.05) is 25.0 Å². The third-order valence-electron chi connectivity index (χ3n) is 10.1. The topological polar surface area (TPSA) is 150 Å². The summed E-state index contributed by atoms with van der Waals surface area (Å²) in [5.41, 5.74) is 10.8. The minimum atomic E-state index is -0.640. The molecule has 0 bridgehead atoms. The Morgan fingerprint density at radius 1 is 1.16 bits per heavy atom. The van der Waals surface area contributed by atoms with Crippen LogP contribution in [-0.4, -0.2) is 63.2 Å². The smallest absolute Gasteiger partial charge is 0.419 e. The van der Waals surface area contributed by atoms with Gasteiger partial charge in [0.1, 0.15) is 11.8 Å². The van der Waals surface area contributed by atoms with Gasteiger partial charge < -0.3 is 25.6 Å². The first-order valence-electron chi connectivity index (χ1n) is 17.3. The lowest BCUT2D eigenvalue weighted by Crippen LogP contribution is -2.35. The fraction of sp³-hybridized carbons (Fsp3) is 0.500. The number of nitrogens with one attached hydrogen (secondary N) is 4. The van der Waals surface area contributed by atoms with Crippen LogP contribution in [-0.2, 0) is 22.6 Å². The van der Waals surface area contributed by atoms with Gasteiger partial charge in [-0.3, -0.25) is 20.0 Å². The SMILES string of the molecule is CC(C)(C)OC(=O)n1c(CN2CCC3(CCC3)C2)cc2ccc(CN3C=C(c4cc([N+](=O)[O-])cc(NC5CCCCO5)c4C=N)NN3)cc21. The Morgan fingerprint density at radius 3 is 2.67 bits per heavy atom. The largest absolute Gasteiger partial charge is 0.443 e. The summed E-state index contributed by atoms with van der Waals surface area (Å²) in [4.78, 5) is 27.6. The summed E-state index contributed by atoms with van der Waals surface area (Å²) in [5, 5.41) is 26.2. The maximum absolute atomic E-state index is 13.7. The van der Waals surface area contributed by atoms with Crippen LogP contribution < -0.4 is 16.3 Å². The number of aromatic nitrogens is 1. The van der Waals surface area contributed by atoms with E-state index >= 15 is 0 Å². The number of fused-ring (bicyclic) bond motifs is 1. The van der Waals surface area contributed by atoms with Crippen molar-refractivity contribution >= 4 is 40.3 Å². The Bertz CT molecular complexity index is 1800. The number of ether oxygens (including phenoxy) is 2. The molecule has 3 fully saturated rings. The van der Waals surface area contributed by atoms with Gasteiger partial charge in [-0.15, -0.1) is 5.53 Å². The number of hydrogen-bond donors (Lipinski definition) is 4. The average molecular weight is 671 g/mol. The molecule has 1 atom stereocenters. The summed E-state index contributed by atoms with van der Waals surface area (Å²) in [7, 11) is 0. The molecule has 3 aliphatic heterocycles. The highest BCUT2D eigenvalue weighted by Crippen LogP contribution is 2.48. The Hall–Kier alpha value is -4.46. The Kier molecular flexibility index (Phi) is 8.84. The number of benzene rings is 2. The van der Waals surface area contributed by atoms with Crippen LogP contribution >= 0.6 is 0 Å². The van der Waals surface area contributed by atoms with Crippen LogP contribution in [0.4, 0.5) is 16.2 Å². The molecule has 7 rings (SSSR count). The van der Waals surface area contributed by atoms with Gasteiger partial charge in [-0.1, -0.05) is 18.6 Å². The molecular formula is C36H46N8O5. The number of hydrazine groups is 2. The summed E-state index contributed by atoms with van der Waals surface area (Å²) in [5.74, 6) is 0. The molecule has 0 amide bonds. The van der Waals surface area contributed by atoms with Crippen LogP contribution in [0.3, 0.4) is 0 Å². The molecule has 49 heavy (non-hydrogen) atoms. The molecule has 1 saturated carbocycles. The first-order valence-corrected chi connectivity index (χ1v) is 17.3. The summed E-state index contributed by atoms with van der Waals surface area (Å²) < 4.78 is 13.4. The molecule has 1 aromatic heterocycles. The van der Waals surface area contributed by atoms with Gasteiger partial charge in [0.25, 0.3) is 5.69 Å². The summed E-state index contributed by atoms with van der Waals surface area (Å²) in [6.45, 7) is 9.51. The Labute approximate surface area is 286 Å². The summed E-state index contributed by atoms with van der Waals surface area (Å²) in [6, 6.07) is 11.1. The Balaban J connectivity index is 1.15. The minimum Gasteiger partial charge on any atom is -0.443 e. The molecule has 4 heterocycles. The van der Waals surface area contributed by atoms with Gasteiger partial charge in [0.15, 0.2) is 0 Å². The average Bonchev–Trinajstić information content (AvgIpc) is 3.77. The normalized spacial score (nSPS) is 20.6. The predicted molar refractivity (Wildman–Crippen MR) is 188 cm³/mol. The molecule has 1 unspecified atom stereocenters. The van der Waals surface area contributed by atoms with Crippen LogP contribution in [0.5, 0.6) is 0 Å². The molecule has 2 aromatic carbocycles. The number of anilines is 1. The van der Waals surface area contributed by atoms with E-state index in [9.17, 15) is 14.9 Å². The van der Waals surface area contributed by atoms with Crippen molar-refractivity contribution in [3.8, 4) is 0 Å². The number of nitro groups is 1. The van der Waals surface area contributed by atoms with Crippen LogP contribution in [0.25, 0.3) is 16.6 Å². The van der Waals surface area contributed by atoms with E-state index in [0.717, 1.165) is 54.5 Å². The first kappa shape index (κ1) is 33.1. The number of rotatable bonds is 9. The van der Waals surface area contributed by atoms with Crippen molar-refractivity contribution in [3.63, 3.8) is 0 Å². The minimum absolute atomic E-state index is 0.0824. The highest BCUT2D eigenvalue weighted by atomic mass is 16.6. The third kappa shape index (κ3) is 7.01. The molecule has 1 spiro atoms. The fourth-order valence-electron chi connectivity index (χ4n) is 7.56. The molecular weight excluding hydrogens is 624 g/mol. The van der Waals surface area contributed by atoms with E-state index in [1.807, 2.05) is 50.2 Å². The third-order valence-corrected chi connectivity index (χ3v) is 10.1. The number of carbonyl (C=O) groups is 1. The van der Waals surface area contributed by atoms with Crippen molar-refractivity contribution in [2.24, 2.45) is 5.41 Å². The monoisotopic (exact) mass is 670 g/mol. The van der Waals surface area contributed by atoms with E-state index in [1.165, 1.54) is 44.0 Å². The van der Waals surface area contributed by atoms with Gasteiger partial charge in [-0.05, 0) is 89.0 Å². The number of carbonyl (C=O) groups excluding carboxylic acids is 1. The fourth-order valence-corrected chi connectivity index (χ4v) is 7.56. The molecule has 4 N–H and O–H groups in total. The highest BCUT2D eigenvalue weighted by Gasteiger charge is 2.42. The van der Waals surface area contributed by atoms with Crippen LogP contribution in [0.1, 0.15) is 88.1 Å². The van der Waals surface area contributed by atoms with Gasteiger partial charge in [-0.25, -0.2) is 9.36 Å². The Morgan fingerprint density at radius 2 is 2.00 bits per heavy atom. The van der Waals surface area contributed by atoms with E-state index < -0.39 is 10.5 Å².